The van der Waals surface area contributed by atoms with Gasteiger partial charge in [-0.25, -0.2) is 9.37 Å². The van der Waals surface area contributed by atoms with E-state index in [0.29, 0.717) is 5.56 Å². The predicted octanol–water partition coefficient (Wildman–Crippen LogP) is 4.91. The normalized spacial score (nSPS) is 17.3. The summed E-state index contributed by atoms with van der Waals surface area (Å²) in [5.41, 5.74) is 3.18. The zero-order valence-corrected chi connectivity index (χ0v) is 20.5. The van der Waals surface area contributed by atoms with E-state index in [1.165, 1.54) is 24.4 Å². The molecule has 0 spiro atoms. The highest BCUT2D eigenvalue weighted by atomic mass is 35.5. The molecule has 1 fully saturated rings. The number of carbonyl (C=O) groups excluding carboxylic acids is 2. The van der Waals surface area contributed by atoms with E-state index >= 15 is 0 Å². The number of pyridine rings is 2. The molecule has 0 aliphatic carbocycles. The Labute approximate surface area is 219 Å². The van der Waals surface area contributed by atoms with Crippen LogP contribution in [0.1, 0.15) is 34.5 Å². The minimum atomic E-state index is -4.69. The molecule has 0 unspecified atom stereocenters. The third-order valence-corrected chi connectivity index (χ3v) is 6.33. The van der Waals surface area contributed by atoms with Crippen LogP contribution in [-0.2, 0) is 22.3 Å². The number of hydrogen-bond acceptors (Lipinski definition) is 7. The standard InChI is InChI=1S/C25H22ClF4N5O3/c26-15-2-3-19(17(7-15)25(28,29)30)35-16-8-18(27)20(32-11-16)12-34-23(37)24(5-6-38-13-24)9-21(36)14-1-4-22(31)33-10-14/h1-4,7-8,10-11,35H,5-6,9,12-13H2,(H2,31,33)(H,34,37)/t24-/m0/s1. The van der Waals surface area contributed by atoms with Crippen molar-refractivity contribution >= 4 is 40.5 Å². The fourth-order valence-corrected chi connectivity index (χ4v) is 4.19. The second-order valence-electron chi connectivity index (χ2n) is 8.80. The maximum atomic E-state index is 14.7. The minimum absolute atomic E-state index is 0.00831. The predicted molar refractivity (Wildman–Crippen MR) is 131 cm³/mol. The van der Waals surface area contributed by atoms with Crippen molar-refractivity contribution in [3.63, 3.8) is 0 Å². The molecule has 0 bridgehead atoms. The van der Waals surface area contributed by atoms with Crippen molar-refractivity contribution < 1.29 is 31.9 Å². The molecule has 200 valence electrons. The van der Waals surface area contributed by atoms with Crippen LogP contribution in [0.5, 0.6) is 0 Å². The molecule has 2 aromatic heterocycles. The summed E-state index contributed by atoms with van der Waals surface area (Å²) < 4.78 is 60.1. The number of Topliss-reactive ketones (excluding diaryl/α,β-unsaturated/α-hetero) is 1. The average molecular weight is 552 g/mol. The van der Waals surface area contributed by atoms with Gasteiger partial charge < -0.3 is 21.1 Å². The molecule has 13 heteroatoms. The number of benzene rings is 1. The zero-order valence-electron chi connectivity index (χ0n) is 19.7. The Morgan fingerprint density at radius 1 is 1.13 bits per heavy atom. The van der Waals surface area contributed by atoms with Gasteiger partial charge in [-0.1, -0.05) is 11.6 Å². The molecule has 0 radical (unpaired) electrons. The van der Waals surface area contributed by atoms with Gasteiger partial charge in [0, 0.05) is 35.9 Å². The molecule has 3 heterocycles. The molecule has 1 aromatic carbocycles. The molecule has 1 atom stereocenters. The first-order chi connectivity index (χ1) is 18.0. The second kappa shape index (κ2) is 10.9. The Bertz CT molecular complexity index is 1350. The first-order valence-electron chi connectivity index (χ1n) is 11.4. The Morgan fingerprint density at radius 3 is 2.55 bits per heavy atom. The monoisotopic (exact) mass is 551 g/mol. The fourth-order valence-electron chi connectivity index (χ4n) is 4.02. The molecule has 4 N–H and O–H groups in total. The van der Waals surface area contributed by atoms with Gasteiger partial charge in [-0.2, -0.15) is 13.2 Å². The molecule has 1 saturated heterocycles. The zero-order chi connectivity index (χ0) is 27.5. The van der Waals surface area contributed by atoms with Gasteiger partial charge in [0.15, 0.2) is 5.78 Å². The molecule has 0 saturated carbocycles. The summed E-state index contributed by atoms with van der Waals surface area (Å²) >= 11 is 5.69. The highest BCUT2D eigenvalue weighted by Gasteiger charge is 2.44. The van der Waals surface area contributed by atoms with E-state index in [1.54, 1.807) is 0 Å². The largest absolute Gasteiger partial charge is 0.418 e. The van der Waals surface area contributed by atoms with E-state index < -0.39 is 28.9 Å². The van der Waals surface area contributed by atoms with Gasteiger partial charge in [-0.05, 0) is 36.8 Å². The van der Waals surface area contributed by atoms with Crippen molar-refractivity contribution in [1.29, 1.82) is 0 Å². The highest BCUT2D eigenvalue weighted by Crippen LogP contribution is 2.38. The van der Waals surface area contributed by atoms with Crippen LogP contribution in [0.25, 0.3) is 0 Å². The van der Waals surface area contributed by atoms with E-state index in [4.69, 9.17) is 22.1 Å². The maximum absolute atomic E-state index is 14.7. The van der Waals surface area contributed by atoms with Gasteiger partial charge in [-0.3, -0.25) is 14.6 Å². The van der Waals surface area contributed by atoms with E-state index in [2.05, 4.69) is 20.6 Å². The van der Waals surface area contributed by atoms with E-state index in [9.17, 15) is 27.2 Å². The number of alkyl halides is 3. The number of halogens is 5. The third-order valence-electron chi connectivity index (χ3n) is 6.09. The molecule has 1 aliphatic heterocycles. The third kappa shape index (κ3) is 6.20. The van der Waals surface area contributed by atoms with Crippen LogP contribution in [-0.4, -0.2) is 34.9 Å². The number of nitrogen functional groups attached to an aromatic ring is 1. The van der Waals surface area contributed by atoms with Crippen LogP contribution in [0.15, 0.2) is 48.8 Å². The van der Waals surface area contributed by atoms with Crippen molar-refractivity contribution in [1.82, 2.24) is 15.3 Å². The minimum Gasteiger partial charge on any atom is -0.384 e. The molecule has 38 heavy (non-hydrogen) atoms. The van der Waals surface area contributed by atoms with Crippen molar-refractivity contribution in [2.75, 3.05) is 24.3 Å². The number of aromatic nitrogens is 2. The Morgan fingerprint density at radius 2 is 1.92 bits per heavy atom. The topological polar surface area (TPSA) is 119 Å². The number of amides is 1. The van der Waals surface area contributed by atoms with Gasteiger partial charge >= 0.3 is 6.18 Å². The molecule has 1 aliphatic rings. The van der Waals surface area contributed by atoms with Crippen LogP contribution in [0.3, 0.4) is 0 Å². The summed E-state index contributed by atoms with van der Waals surface area (Å²) in [5.74, 6) is -1.43. The number of rotatable bonds is 8. The Kier molecular flexibility index (Phi) is 7.83. The first kappa shape index (κ1) is 27.3. The Hall–Kier alpha value is -3.77. The summed E-state index contributed by atoms with van der Waals surface area (Å²) in [6.07, 6.45) is -2.07. The number of nitrogens with zero attached hydrogens (tertiary/aromatic N) is 2. The molecular formula is C25H22ClF4N5O3. The number of ether oxygens (including phenoxy) is 1. The summed E-state index contributed by atoms with van der Waals surface area (Å²) in [6.45, 7) is -0.0221. The molecule has 3 aromatic rings. The van der Waals surface area contributed by atoms with Crippen molar-refractivity contribution in [2.45, 2.75) is 25.6 Å². The average Bonchev–Trinajstić information content (AvgIpc) is 3.34. The maximum Gasteiger partial charge on any atom is 0.418 e. The fraction of sp³-hybridized carbons (Fsp3) is 0.280. The second-order valence-corrected chi connectivity index (χ2v) is 9.24. The van der Waals surface area contributed by atoms with Crippen molar-refractivity contribution in [2.24, 2.45) is 5.41 Å². The number of hydrogen-bond donors (Lipinski definition) is 3. The van der Waals surface area contributed by atoms with Gasteiger partial charge in [0.25, 0.3) is 0 Å². The van der Waals surface area contributed by atoms with Crippen molar-refractivity contribution in [3.05, 3.63) is 76.5 Å². The lowest BCUT2D eigenvalue weighted by Gasteiger charge is -2.25. The van der Waals surface area contributed by atoms with E-state index in [0.717, 1.165) is 24.4 Å². The SMILES string of the molecule is Nc1ccc(C(=O)C[C@@]2(C(=O)NCc3ncc(Nc4ccc(Cl)cc4C(F)(F)F)cc3F)CCOC2)cn1. The van der Waals surface area contributed by atoms with Crippen molar-refractivity contribution in [3.8, 4) is 0 Å². The van der Waals surface area contributed by atoms with Crippen LogP contribution >= 0.6 is 11.6 Å². The molecule has 1 amide bonds. The first-order valence-corrected chi connectivity index (χ1v) is 11.7. The lowest BCUT2D eigenvalue weighted by atomic mass is 9.80. The van der Waals surface area contributed by atoms with E-state index in [-0.39, 0.29) is 66.3 Å². The van der Waals surface area contributed by atoms with Crippen LogP contribution < -0.4 is 16.4 Å². The number of ketones is 1. The Balaban J connectivity index is 1.44. The van der Waals surface area contributed by atoms with Crippen LogP contribution in [0.2, 0.25) is 5.02 Å². The smallest absolute Gasteiger partial charge is 0.384 e. The number of anilines is 3. The quantitative estimate of drug-likeness (QED) is 0.269. The molecule has 4 rings (SSSR count). The van der Waals surface area contributed by atoms with E-state index in [1.807, 2.05) is 0 Å². The number of nitrogens with one attached hydrogen (secondary N) is 2. The summed E-state index contributed by atoms with van der Waals surface area (Å²) in [7, 11) is 0. The lowest BCUT2D eigenvalue weighted by molar-refractivity contribution is -0.137. The van der Waals surface area contributed by atoms with Crippen LogP contribution in [0.4, 0.5) is 34.8 Å². The number of carbonyl (C=O) groups is 2. The molecule has 8 nitrogen and oxygen atoms in total. The lowest BCUT2D eigenvalue weighted by Crippen LogP contribution is -2.43. The van der Waals surface area contributed by atoms with Gasteiger partial charge in [0.05, 0.1) is 47.4 Å². The highest BCUT2D eigenvalue weighted by molar-refractivity contribution is 6.30. The summed E-state index contributed by atoms with van der Waals surface area (Å²) in [5, 5.41) is 4.99. The van der Waals surface area contributed by atoms with Gasteiger partial charge in [0.2, 0.25) is 5.91 Å². The van der Waals surface area contributed by atoms with Gasteiger partial charge in [-0.15, -0.1) is 0 Å². The van der Waals surface area contributed by atoms with Crippen LogP contribution in [0, 0.1) is 11.2 Å². The molecular weight excluding hydrogens is 530 g/mol. The number of nitrogens with two attached hydrogens (primary N) is 1. The summed E-state index contributed by atoms with van der Waals surface area (Å²) in [6, 6.07) is 7.12. The summed E-state index contributed by atoms with van der Waals surface area (Å²) in [4.78, 5) is 33.7. The van der Waals surface area contributed by atoms with Gasteiger partial charge in [0.1, 0.15) is 11.6 Å².